The second-order valence-corrected chi connectivity index (χ2v) is 4.81. The zero-order valence-electron chi connectivity index (χ0n) is 10.4. The zero-order valence-corrected chi connectivity index (χ0v) is 10.4. The van der Waals surface area contributed by atoms with Crippen LogP contribution in [0.4, 0.5) is 0 Å². The Labute approximate surface area is 98.1 Å². The van der Waals surface area contributed by atoms with E-state index < -0.39 is 0 Å². The van der Waals surface area contributed by atoms with Gasteiger partial charge in [0.15, 0.2) is 0 Å². The van der Waals surface area contributed by atoms with E-state index in [2.05, 4.69) is 29.1 Å². The van der Waals surface area contributed by atoms with Crippen LogP contribution in [-0.2, 0) is 0 Å². The summed E-state index contributed by atoms with van der Waals surface area (Å²) in [6.45, 7) is 4.52. The standard InChI is InChI=1S/C13H23N3/c1-3-10-6-5-7-12(10)16-11(4-2)13-14-8-9-15-13/h8-12,16H,3-7H2,1-2H3,(H,14,15). The van der Waals surface area contributed by atoms with E-state index in [0.717, 1.165) is 18.2 Å². The predicted octanol–water partition coefficient (Wildman–Crippen LogP) is 3.03. The van der Waals surface area contributed by atoms with Crippen molar-refractivity contribution >= 4 is 0 Å². The van der Waals surface area contributed by atoms with Gasteiger partial charge in [-0.25, -0.2) is 4.98 Å². The molecule has 1 saturated carbocycles. The average molecular weight is 221 g/mol. The van der Waals surface area contributed by atoms with Crippen LogP contribution >= 0.6 is 0 Å². The summed E-state index contributed by atoms with van der Waals surface area (Å²) in [5.41, 5.74) is 0. The fraction of sp³-hybridized carbons (Fsp3) is 0.769. The van der Waals surface area contributed by atoms with E-state index in [-0.39, 0.29) is 0 Å². The van der Waals surface area contributed by atoms with Gasteiger partial charge in [-0.2, -0.15) is 0 Å². The molecule has 1 fully saturated rings. The minimum atomic E-state index is 0.396. The van der Waals surface area contributed by atoms with Crippen molar-refractivity contribution in [2.45, 2.75) is 58.0 Å². The lowest BCUT2D eigenvalue weighted by atomic mass is 9.99. The minimum Gasteiger partial charge on any atom is -0.347 e. The summed E-state index contributed by atoms with van der Waals surface area (Å²) in [5, 5.41) is 3.78. The summed E-state index contributed by atoms with van der Waals surface area (Å²) in [6, 6.07) is 1.09. The van der Waals surface area contributed by atoms with E-state index in [1.807, 2.05) is 12.4 Å². The van der Waals surface area contributed by atoms with Crippen LogP contribution in [0.2, 0.25) is 0 Å². The van der Waals surface area contributed by atoms with E-state index in [1.165, 1.54) is 25.7 Å². The summed E-state index contributed by atoms with van der Waals surface area (Å²) >= 11 is 0. The van der Waals surface area contributed by atoms with E-state index in [4.69, 9.17) is 0 Å². The number of nitrogens with zero attached hydrogens (tertiary/aromatic N) is 1. The third kappa shape index (κ3) is 2.46. The van der Waals surface area contributed by atoms with Crippen molar-refractivity contribution in [2.75, 3.05) is 0 Å². The van der Waals surface area contributed by atoms with Gasteiger partial charge in [0.1, 0.15) is 5.82 Å². The van der Waals surface area contributed by atoms with Crippen LogP contribution in [0.3, 0.4) is 0 Å². The molecule has 16 heavy (non-hydrogen) atoms. The van der Waals surface area contributed by atoms with E-state index in [1.54, 1.807) is 0 Å². The molecule has 3 heteroatoms. The molecule has 0 bridgehead atoms. The van der Waals surface area contributed by atoms with E-state index in [0.29, 0.717) is 12.1 Å². The predicted molar refractivity (Wildman–Crippen MR) is 66.2 cm³/mol. The van der Waals surface area contributed by atoms with Gasteiger partial charge in [0, 0.05) is 18.4 Å². The van der Waals surface area contributed by atoms with Gasteiger partial charge in [-0.05, 0) is 25.2 Å². The number of imidazole rings is 1. The number of aromatic amines is 1. The highest BCUT2D eigenvalue weighted by Crippen LogP contribution is 2.30. The molecular weight excluding hydrogens is 198 g/mol. The maximum absolute atomic E-state index is 4.36. The number of hydrogen-bond acceptors (Lipinski definition) is 2. The lowest BCUT2D eigenvalue weighted by Gasteiger charge is -2.24. The normalized spacial score (nSPS) is 27.1. The maximum atomic E-state index is 4.36. The highest BCUT2D eigenvalue weighted by Gasteiger charge is 2.28. The molecule has 0 aromatic carbocycles. The first kappa shape index (κ1) is 11.6. The molecule has 2 rings (SSSR count). The summed E-state index contributed by atoms with van der Waals surface area (Å²) in [5.74, 6) is 1.95. The molecule has 3 unspecified atom stereocenters. The number of rotatable bonds is 5. The molecule has 0 amide bonds. The second-order valence-electron chi connectivity index (χ2n) is 4.81. The third-order valence-electron chi connectivity index (χ3n) is 3.86. The molecule has 3 nitrogen and oxygen atoms in total. The van der Waals surface area contributed by atoms with Gasteiger partial charge < -0.3 is 10.3 Å². The zero-order chi connectivity index (χ0) is 11.4. The first-order valence-electron chi connectivity index (χ1n) is 6.60. The molecule has 1 heterocycles. The highest BCUT2D eigenvalue weighted by molar-refractivity contribution is 4.97. The fourth-order valence-electron chi connectivity index (χ4n) is 2.86. The Morgan fingerprint density at radius 3 is 3.00 bits per heavy atom. The molecule has 1 aromatic rings. The van der Waals surface area contributed by atoms with Crippen molar-refractivity contribution < 1.29 is 0 Å². The van der Waals surface area contributed by atoms with Gasteiger partial charge in [-0.3, -0.25) is 0 Å². The topological polar surface area (TPSA) is 40.7 Å². The van der Waals surface area contributed by atoms with Gasteiger partial charge >= 0.3 is 0 Å². The van der Waals surface area contributed by atoms with Gasteiger partial charge in [0.25, 0.3) is 0 Å². The SMILES string of the molecule is CCC(NC1CCCC1CC)c1ncc[nH]1. The van der Waals surface area contributed by atoms with Crippen LogP contribution < -0.4 is 5.32 Å². The molecule has 0 radical (unpaired) electrons. The van der Waals surface area contributed by atoms with E-state index in [9.17, 15) is 0 Å². The first-order valence-corrected chi connectivity index (χ1v) is 6.60. The Kier molecular flexibility index (Phi) is 3.99. The smallest absolute Gasteiger partial charge is 0.123 e. The van der Waals surface area contributed by atoms with Crippen molar-refractivity contribution in [1.29, 1.82) is 0 Å². The Hall–Kier alpha value is -0.830. The Morgan fingerprint density at radius 1 is 1.50 bits per heavy atom. The van der Waals surface area contributed by atoms with Gasteiger partial charge in [0.05, 0.1) is 6.04 Å². The van der Waals surface area contributed by atoms with Gasteiger partial charge in [0.2, 0.25) is 0 Å². The number of H-pyrrole nitrogens is 1. The summed E-state index contributed by atoms with van der Waals surface area (Å²) in [4.78, 5) is 7.58. The van der Waals surface area contributed by atoms with Crippen molar-refractivity contribution in [2.24, 2.45) is 5.92 Å². The van der Waals surface area contributed by atoms with Crippen molar-refractivity contribution in [3.8, 4) is 0 Å². The second kappa shape index (κ2) is 5.48. The van der Waals surface area contributed by atoms with Crippen LogP contribution in [0.1, 0.15) is 57.8 Å². The van der Waals surface area contributed by atoms with Crippen LogP contribution in [0.25, 0.3) is 0 Å². The van der Waals surface area contributed by atoms with E-state index >= 15 is 0 Å². The third-order valence-corrected chi connectivity index (χ3v) is 3.86. The molecule has 1 aliphatic carbocycles. The highest BCUT2D eigenvalue weighted by atomic mass is 15.0. The van der Waals surface area contributed by atoms with Crippen LogP contribution in [0, 0.1) is 5.92 Å². The molecule has 0 spiro atoms. The van der Waals surface area contributed by atoms with Crippen molar-refractivity contribution in [1.82, 2.24) is 15.3 Å². The molecule has 90 valence electrons. The lowest BCUT2D eigenvalue weighted by Crippen LogP contribution is -2.35. The number of aromatic nitrogens is 2. The number of hydrogen-bond donors (Lipinski definition) is 2. The van der Waals surface area contributed by atoms with Crippen LogP contribution in [0.15, 0.2) is 12.4 Å². The molecule has 1 aliphatic rings. The van der Waals surface area contributed by atoms with Crippen molar-refractivity contribution in [3.05, 3.63) is 18.2 Å². The molecule has 0 aliphatic heterocycles. The summed E-state index contributed by atoms with van der Waals surface area (Å²) in [6.07, 6.45) is 10.2. The quantitative estimate of drug-likeness (QED) is 0.802. The minimum absolute atomic E-state index is 0.396. The van der Waals surface area contributed by atoms with Crippen molar-refractivity contribution in [3.63, 3.8) is 0 Å². The molecule has 0 saturated heterocycles. The summed E-state index contributed by atoms with van der Waals surface area (Å²) in [7, 11) is 0. The molecular formula is C13H23N3. The largest absolute Gasteiger partial charge is 0.347 e. The Morgan fingerprint density at radius 2 is 2.38 bits per heavy atom. The van der Waals surface area contributed by atoms with Crippen LogP contribution in [-0.4, -0.2) is 16.0 Å². The van der Waals surface area contributed by atoms with Crippen LogP contribution in [0.5, 0.6) is 0 Å². The Bertz CT molecular complexity index is 294. The monoisotopic (exact) mass is 221 g/mol. The maximum Gasteiger partial charge on any atom is 0.123 e. The fourth-order valence-corrected chi connectivity index (χ4v) is 2.86. The van der Waals surface area contributed by atoms with Gasteiger partial charge in [-0.15, -0.1) is 0 Å². The lowest BCUT2D eigenvalue weighted by molar-refractivity contribution is 0.339. The van der Waals surface area contributed by atoms with Gasteiger partial charge in [-0.1, -0.05) is 26.7 Å². The molecule has 3 atom stereocenters. The molecule has 1 aromatic heterocycles. The number of nitrogens with one attached hydrogen (secondary N) is 2. The first-order chi connectivity index (χ1) is 7.85. The average Bonchev–Trinajstić information content (AvgIpc) is 2.96. The summed E-state index contributed by atoms with van der Waals surface area (Å²) < 4.78 is 0. The molecule has 2 N–H and O–H groups in total. The Balaban J connectivity index is 1.96.